The first-order valence-corrected chi connectivity index (χ1v) is 7.10. The normalized spacial score (nSPS) is 10.5. The summed E-state index contributed by atoms with van der Waals surface area (Å²) in [7, 11) is 0. The lowest BCUT2D eigenvalue weighted by Crippen LogP contribution is -2.17. The quantitative estimate of drug-likeness (QED) is 0.906. The number of benzene rings is 1. The van der Waals surface area contributed by atoms with E-state index in [0.717, 1.165) is 10.5 Å². The number of carbonyl (C=O) groups is 1. The molecule has 108 valence electrons. The molecule has 0 bridgehead atoms. The third-order valence-corrected chi connectivity index (χ3v) is 3.38. The van der Waals surface area contributed by atoms with Crippen LogP contribution in [0.2, 0.25) is 0 Å². The fourth-order valence-corrected chi connectivity index (χ4v) is 2.38. The molecule has 0 saturated carbocycles. The van der Waals surface area contributed by atoms with E-state index in [0.29, 0.717) is 11.4 Å². The van der Waals surface area contributed by atoms with Gasteiger partial charge in [0, 0.05) is 22.4 Å². The van der Waals surface area contributed by atoms with Gasteiger partial charge in [-0.25, -0.2) is 4.39 Å². The molecule has 1 N–H and O–H groups in total. The largest absolute Gasteiger partial charge is 0.340 e. The molecular formula is C15H13BrFN3O. The standard InChI is InChI=1S/C15H13BrFN3O/c1-9(2)20-8-11(16)6-14(20)15(21)19-12-3-4-13(17)10(5-12)7-18/h3-6,8-9H,1-2H3,(H,19,21). The Kier molecular flexibility index (Phi) is 4.43. The van der Waals surface area contributed by atoms with Gasteiger partial charge >= 0.3 is 0 Å². The second-order valence-corrected chi connectivity index (χ2v) is 5.72. The molecule has 0 atom stereocenters. The molecule has 0 unspecified atom stereocenters. The number of rotatable bonds is 3. The van der Waals surface area contributed by atoms with E-state index in [-0.39, 0.29) is 17.5 Å². The first kappa shape index (κ1) is 15.3. The van der Waals surface area contributed by atoms with Crippen molar-refractivity contribution >= 4 is 27.5 Å². The van der Waals surface area contributed by atoms with Crippen LogP contribution in [0.4, 0.5) is 10.1 Å². The molecule has 0 saturated heterocycles. The Balaban J connectivity index is 2.29. The topological polar surface area (TPSA) is 57.8 Å². The summed E-state index contributed by atoms with van der Waals surface area (Å²) < 4.78 is 15.9. The van der Waals surface area contributed by atoms with Gasteiger partial charge in [-0.05, 0) is 54.0 Å². The predicted octanol–water partition coefficient (Wildman–Crippen LogP) is 4.09. The first-order chi connectivity index (χ1) is 9.92. The monoisotopic (exact) mass is 349 g/mol. The van der Waals surface area contributed by atoms with Gasteiger partial charge in [-0.15, -0.1) is 0 Å². The van der Waals surface area contributed by atoms with E-state index in [4.69, 9.17) is 5.26 Å². The van der Waals surface area contributed by atoms with Crippen LogP contribution in [0, 0.1) is 17.1 Å². The molecule has 1 amide bonds. The number of nitrogens with one attached hydrogen (secondary N) is 1. The summed E-state index contributed by atoms with van der Waals surface area (Å²) in [5.41, 5.74) is 0.763. The van der Waals surface area contributed by atoms with Crippen molar-refractivity contribution in [3.63, 3.8) is 0 Å². The zero-order chi connectivity index (χ0) is 15.6. The van der Waals surface area contributed by atoms with E-state index in [9.17, 15) is 9.18 Å². The van der Waals surface area contributed by atoms with Crippen molar-refractivity contribution in [1.82, 2.24) is 4.57 Å². The van der Waals surface area contributed by atoms with E-state index < -0.39 is 5.82 Å². The zero-order valence-electron chi connectivity index (χ0n) is 11.5. The molecular weight excluding hydrogens is 337 g/mol. The van der Waals surface area contributed by atoms with Gasteiger partial charge in [0.05, 0.1) is 5.56 Å². The van der Waals surface area contributed by atoms with Gasteiger partial charge in [0.15, 0.2) is 0 Å². The molecule has 1 aromatic carbocycles. The number of nitrogens with zero attached hydrogens (tertiary/aromatic N) is 2. The average Bonchev–Trinajstić information content (AvgIpc) is 2.83. The minimum atomic E-state index is -0.608. The van der Waals surface area contributed by atoms with Crippen LogP contribution < -0.4 is 5.32 Å². The van der Waals surface area contributed by atoms with Gasteiger partial charge in [0.2, 0.25) is 0 Å². The molecule has 0 aliphatic carbocycles. The molecule has 0 aliphatic rings. The Bertz CT molecular complexity index is 731. The van der Waals surface area contributed by atoms with Crippen molar-refractivity contribution in [2.75, 3.05) is 5.32 Å². The van der Waals surface area contributed by atoms with Crippen LogP contribution in [0.25, 0.3) is 0 Å². The third-order valence-electron chi connectivity index (χ3n) is 2.95. The number of amides is 1. The van der Waals surface area contributed by atoms with Crippen LogP contribution in [0.1, 0.15) is 35.9 Å². The van der Waals surface area contributed by atoms with Crippen molar-refractivity contribution in [2.45, 2.75) is 19.9 Å². The fraction of sp³-hybridized carbons (Fsp3) is 0.200. The van der Waals surface area contributed by atoms with Gasteiger partial charge in [0.25, 0.3) is 5.91 Å². The lowest BCUT2D eigenvalue weighted by molar-refractivity contribution is 0.101. The van der Waals surface area contributed by atoms with Crippen LogP contribution in [-0.4, -0.2) is 10.5 Å². The molecule has 0 radical (unpaired) electrons. The SMILES string of the molecule is CC(C)n1cc(Br)cc1C(=O)Nc1ccc(F)c(C#N)c1. The number of hydrogen-bond acceptors (Lipinski definition) is 2. The molecule has 2 aromatic rings. The molecule has 4 nitrogen and oxygen atoms in total. The summed E-state index contributed by atoms with van der Waals surface area (Å²) in [4.78, 5) is 12.3. The van der Waals surface area contributed by atoms with Gasteiger partial charge in [0.1, 0.15) is 17.6 Å². The number of halogens is 2. The van der Waals surface area contributed by atoms with E-state index in [2.05, 4.69) is 21.2 Å². The number of carbonyl (C=O) groups excluding carboxylic acids is 1. The zero-order valence-corrected chi connectivity index (χ0v) is 13.1. The Morgan fingerprint density at radius 2 is 2.14 bits per heavy atom. The lowest BCUT2D eigenvalue weighted by atomic mass is 10.2. The maximum Gasteiger partial charge on any atom is 0.272 e. The van der Waals surface area contributed by atoms with Crippen LogP contribution in [-0.2, 0) is 0 Å². The Hall–Kier alpha value is -2.13. The highest BCUT2D eigenvalue weighted by molar-refractivity contribution is 9.10. The lowest BCUT2D eigenvalue weighted by Gasteiger charge is -2.12. The van der Waals surface area contributed by atoms with E-state index >= 15 is 0 Å². The Labute approximate surface area is 130 Å². The Morgan fingerprint density at radius 1 is 1.43 bits per heavy atom. The predicted molar refractivity (Wildman–Crippen MR) is 81.6 cm³/mol. The maximum absolute atomic E-state index is 13.3. The van der Waals surface area contributed by atoms with Crippen LogP contribution in [0.3, 0.4) is 0 Å². The fourth-order valence-electron chi connectivity index (χ4n) is 1.94. The van der Waals surface area contributed by atoms with Crippen molar-refractivity contribution in [3.05, 3.63) is 52.0 Å². The van der Waals surface area contributed by atoms with Crippen molar-refractivity contribution < 1.29 is 9.18 Å². The summed E-state index contributed by atoms with van der Waals surface area (Å²) in [5, 5.41) is 11.5. The van der Waals surface area contributed by atoms with Crippen LogP contribution in [0.15, 0.2) is 34.9 Å². The van der Waals surface area contributed by atoms with Gasteiger partial charge in [-0.3, -0.25) is 4.79 Å². The highest BCUT2D eigenvalue weighted by atomic mass is 79.9. The second kappa shape index (κ2) is 6.10. The van der Waals surface area contributed by atoms with Gasteiger partial charge in [-0.2, -0.15) is 5.26 Å². The van der Waals surface area contributed by atoms with Gasteiger partial charge in [-0.1, -0.05) is 0 Å². The molecule has 0 spiro atoms. The van der Waals surface area contributed by atoms with Gasteiger partial charge < -0.3 is 9.88 Å². The minimum absolute atomic E-state index is 0.103. The molecule has 0 fully saturated rings. The molecule has 21 heavy (non-hydrogen) atoms. The first-order valence-electron chi connectivity index (χ1n) is 6.30. The minimum Gasteiger partial charge on any atom is -0.340 e. The maximum atomic E-state index is 13.3. The number of hydrogen-bond donors (Lipinski definition) is 1. The van der Waals surface area contributed by atoms with Crippen molar-refractivity contribution in [2.24, 2.45) is 0 Å². The summed E-state index contributed by atoms with van der Waals surface area (Å²) in [6, 6.07) is 7.47. The molecule has 6 heteroatoms. The summed E-state index contributed by atoms with van der Waals surface area (Å²) in [6.45, 7) is 3.93. The highest BCUT2D eigenvalue weighted by Crippen LogP contribution is 2.21. The summed E-state index contributed by atoms with van der Waals surface area (Å²) in [5.74, 6) is -0.923. The number of aromatic nitrogens is 1. The van der Waals surface area contributed by atoms with Crippen LogP contribution in [0.5, 0.6) is 0 Å². The smallest absolute Gasteiger partial charge is 0.272 e. The van der Waals surface area contributed by atoms with Crippen molar-refractivity contribution in [1.29, 1.82) is 5.26 Å². The summed E-state index contributed by atoms with van der Waals surface area (Å²) in [6.07, 6.45) is 1.82. The van der Waals surface area contributed by atoms with E-state index in [1.54, 1.807) is 12.1 Å². The van der Waals surface area contributed by atoms with E-state index in [1.165, 1.54) is 12.1 Å². The number of anilines is 1. The molecule has 1 aromatic heterocycles. The van der Waals surface area contributed by atoms with E-state index in [1.807, 2.05) is 24.6 Å². The molecule has 2 rings (SSSR count). The third kappa shape index (κ3) is 3.31. The number of nitriles is 1. The average molecular weight is 350 g/mol. The van der Waals surface area contributed by atoms with Crippen LogP contribution >= 0.6 is 15.9 Å². The Morgan fingerprint density at radius 3 is 2.76 bits per heavy atom. The summed E-state index contributed by atoms with van der Waals surface area (Å²) >= 11 is 3.34. The van der Waals surface area contributed by atoms with Crippen molar-refractivity contribution in [3.8, 4) is 6.07 Å². The highest BCUT2D eigenvalue weighted by Gasteiger charge is 2.15. The molecule has 1 heterocycles. The second-order valence-electron chi connectivity index (χ2n) is 4.81. The molecule has 0 aliphatic heterocycles.